The largest absolute Gasteiger partial charge is 0.330 e. The van der Waals surface area contributed by atoms with E-state index in [4.69, 9.17) is 11.6 Å². The molecule has 2 aromatic heterocycles. The lowest BCUT2D eigenvalue weighted by atomic mass is 10.0. The highest BCUT2D eigenvalue weighted by molar-refractivity contribution is 7.10. The first kappa shape index (κ1) is 12.6. The zero-order valence-electron chi connectivity index (χ0n) is 10.3. The summed E-state index contributed by atoms with van der Waals surface area (Å²) in [5.74, 6) is -0.0893. The van der Waals surface area contributed by atoms with Crippen molar-refractivity contribution in [3.63, 3.8) is 0 Å². The Bertz CT molecular complexity index is 611. The molecule has 0 saturated carbocycles. The molecule has 0 spiro atoms. The fraction of sp³-hybridized carbons (Fsp3) is 0.308. The number of hydrogen-bond acceptors (Lipinski definition) is 4. The van der Waals surface area contributed by atoms with Gasteiger partial charge in [0.05, 0.1) is 18.4 Å². The standard InChI is InChI=1S/C13H12ClN3OS/c1-8-9-3-5-19-11(9)2-4-17(8)13(18)10-6-16-12(14)7-15-10/h3,5-8H,2,4H2,1H3. The van der Waals surface area contributed by atoms with Gasteiger partial charge in [0.25, 0.3) is 5.91 Å². The summed E-state index contributed by atoms with van der Waals surface area (Å²) >= 11 is 7.44. The Kier molecular flexibility index (Phi) is 3.24. The van der Waals surface area contributed by atoms with E-state index in [0.717, 1.165) is 13.0 Å². The molecule has 4 nitrogen and oxygen atoms in total. The van der Waals surface area contributed by atoms with Crippen molar-refractivity contribution in [1.82, 2.24) is 14.9 Å². The normalized spacial score (nSPS) is 18.2. The minimum Gasteiger partial charge on any atom is -0.330 e. The van der Waals surface area contributed by atoms with Crippen LogP contribution in [0.3, 0.4) is 0 Å². The Morgan fingerprint density at radius 2 is 2.32 bits per heavy atom. The van der Waals surface area contributed by atoms with Crippen molar-refractivity contribution in [2.45, 2.75) is 19.4 Å². The molecule has 0 fully saturated rings. The molecule has 0 saturated heterocycles. The molecule has 6 heteroatoms. The van der Waals surface area contributed by atoms with E-state index in [0.29, 0.717) is 10.8 Å². The monoisotopic (exact) mass is 293 g/mol. The third-order valence-electron chi connectivity index (χ3n) is 3.38. The number of halogens is 1. The van der Waals surface area contributed by atoms with E-state index in [2.05, 4.69) is 21.4 Å². The quantitative estimate of drug-likeness (QED) is 0.812. The Balaban J connectivity index is 1.87. The number of nitrogens with zero attached hydrogens (tertiary/aromatic N) is 3. The molecule has 98 valence electrons. The van der Waals surface area contributed by atoms with E-state index in [-0.39, 0.29) is 11.9 Å². The van der Waals surface area contributed by atoms with Gasteiger partial charge in [0, 0.05) is 11.4 Å². The van der Waals surface area contributed by atoms with Gasteiger partial charge in [-0.05, 0) is 30.4 Å². The maximum Gasteiger partial charge on any atom is 0.274 e. The molecule has 0 N–H and O–H groups in total. The van der Waals surface area contributed by atoms with Crippen LogP contribution in [-0.2, 0) is 6.42 Å². The Hall–Kier alpha value is -1.46. The molecule has 1 atom stereocenters. The van der Waals surface area contributed by atoms with Crippen molar-refractivity contribution in [1.29, 1.82) is 0 Å². The van der Waals surface area contributed by atoms with Crippen LogP contribution in [0, 0.1) is 0 Å². The van der Waals surface area contributed by atoms with Crippen LogP contribution in [0.2, 0.25) is 5.15 Å². The first-order valence-corrected chi connectivity index (χ1v) is 7.27. The molecule has 19 heavy (non-hydrogen) atoms. The average molecular weight is 294 g/mol. The fourth-order valence-corrected chi connectivity index (χ4v) is 3.42. The van der Waals surface area contributed by atoms with Crippen LogP contribution in [0.25, 0.3) is 0 Å². The van der Waals surface area contributed by atoms with Gasteiger partial charge in [-0.2, -0.15) is 0 Å². The number of fused-ring (bicyclic) bond motifs is 1. The molecule has 1 aliphatic heterocycles. The minimum absolute atomic E-state index is 0.0833. The maximum absolute atomic E-state index is 12.4. The minimum atomic E-state index is -0.0893. The van der Waals surface area contributed by atoms with Gasteiger partial charge in [-0.3, -0.25) is 4.79 Å². The number of rotatable bonds is 1. The predicted molar refractivity (Wildman–Crippen MR) is 74.5 cm³/mol. The van der Waals surface area contributed by atoms with Crippen LogP contribution in [0.4, 0.5) is 0 Å². The summed E-state index contributed by atoms with van der Waals surface area (Å²) < 4.78 is 0. The van der Waals surface area contributed by atoms with Gasteiger partial charge in [-0.25, -0.2) is 9.97 Å². The third-order valence-corrected chi connectivity index (χ3v) is 4.57. The highest BCUT2D eigenvalue weighted by atomic mass is 35.5. The van der Waals surface area contributed by atoms with Crippen molar-refractivity contribution < 1.29 is 4.79 Å². The molecule has 3 rings (SSSR count). The number of thiophene rings is 1. The van der Waals surface area contributed by atoms with E-state index in [1.54, 1.807) is 11.3 Å². The predicted octanol–water partition coefficient (Wildman–Crippen LogP) is 2.95. The molecule has 0 aromatic carbocycles. The van der Waals surface area contributed by atoms with Gasteiger partial charge in [-0.15, -0.1) is 11.3 Å². The van der Waals surface area contributed by atoms with E-state index < -0.39 is 0 Å². The third kappa shape index (κ3) is 2.24. The Labute approximate surface area is 120 Å². The summed E-state index contributed by atoms with van der Waals surface area (Å²) in [6.07, 6.45) is 3.74. The van der Waals surface area contributed by atoms with Gasteiger partial charge in [-0.1, -0.05) is 11.6 Å². The number of hydrogen-bond donors (Lipinski definition) is 0. The van der Waals surface area contributed by atoms with Crippen molar-refractivity contribution in [3.8, 4) is 0 Å². The SMILES string of the molecule is CC1c2ccsc2CCN1C(=O)c1cnc(Cl)cn1. The molecular weight excluding hydrogens is 282 g/mol. The second-order valence-corrected chi connectivity index (χ2v) is 5.84. The molecule has 1 unspecified atom stereocenters. The average Bonchev–Trinajstić information content (AvgIpc) is 2.88. The van der Waals surface area contributed by atoms with Crippen LogP contribution in [0.1, 0.15) is 33.9 Å². The van der Waals surface area contributed by atoms with Gasteiger partial charge in [0.15, 0.2) is 0 Å². The van der Waals surface area contributed by atoms with E-state index in [9.17, 15) is 4.79 Å². The van der Waals surface area contributed by atoms with Crippen LogP contribution in [0.5, 0.6) is 0 Å². The summed E-state index contributed by atoms with van der Waals surface area (Å²) in [6, 6.07) is 2.18. The highest BCUT2D eigenvalue weighted by Gasteiger charge is 2.29. The Morgan fingerprint density at radius 3 is 3.05 bits per heavy atom. The topological polar surface area (TPSA) is 46.1 Å². The lowest BCUT2D eigenvalue weighted by Crippen LogP contribution is -2.38. The molecule has 1 aliphatic rings. The van der Waals surface area contributed by atoms with Crippen LogP contribution >= 0.6 is 22.9 Å². The maximum atomic E-state index is 12.4. The highest BCUT2D eigenvalue weighted by Crippen LogP contribution is 2.33. The van der Waals surface area contributed by atoms with Crippen LogP contribution < -0.4 is 0 Å². The zero-order valence-corrected chi connectivity index (χ0v) is 11.9. The van der Waals surface area contributed by atoms with E-state index in [1.165, 1.54) is 22.8 Å². The second kappa shape index (κ2) is 4.90. The molecule has 0 aliphatic carbocycles. The van der Waals surface area contributed by atoms with Gasteiger partial charge in [0.2, 0.25) is 0 Å². The molecule has 1 amide bonds. The lowest BCUT2D eigenvalue weighted by Gasteiger charge is -2.33. The van der Waals surface area contributed by atoms with Crippen LogP contribution in [0.15, 0.2) is 23.8 Å². The van der Waals surface area contributed by atoms with Crippen molar-refractivity contribution in [2.24, 2.45) is 0 Å². The summed E-state index contributed by atoms with van der Waals surface area (Å²) in [5, 5.41) is 2.38. The first-order chi connectivity index (χ1) is 9.16. The van der Waals surface area contributed by atoms with Crippen molar-refractivity contribution in [3.05, 3.63) is 45.1 Å². The van der Waals surface area contributed by atoms with Gasteiger partial charge >= 0.3 is 0 Å². The summed E-state index contributed by atoms with van der Waals surface area (Å²) in [5.41, 5.74) is 1.58. The molecule has 0 radical (unpaired) electrons. The zero-order chi connectivity index (χ0) is 13.4. The number of carbonyl (C=O) groups excluding carboxylic acids is 1. The van der Waals surface area contributed by atoms with Crippen molar-refractivity contribution in [2.75, 3.05) is 6.54 Å². The molecule has 0 bridgehead atoms. The molecule has 2 aromatic rings. The van der Waals surface area contributed by atoms with Gasteiger partial charge in [0.1, 0.15) is 10.8 Å². The van der Waals surface area contributed by atoms with E-state index >= 15 is 0 Å². The Morgan fingerprint density at radius 1 is 1.47 bits per heavy atom. The lowest BCUT2D eigenvalue weighted by molar-refractivity contribution is 0.0673. The second-order valence-electron chi connectivity index (χ2n) is 4.45. The number of carbonyl (C=O) groups is 1. The number of aromatic nitrogens is 2. The van der Waals surface area contributed by atoms with Crippen LogP contribution in [-0.4, -0.2) is 27.3 Å². The van der Waals surface area contributed by atoms with Gasteiger partial charge < -0.3 is 4.90 Å². The van der Waals surface area contributed by atoms with Crippen molar-refractivity contribution >= 4 is 28.8 Å². The summed E-state index contributed by atoms with van der Waals surface area (Å²) in [4.78, 5) is 23.6. The first-order valence-electron chi connectivity index (χ1n) is 6.01. The van der Waals surface area contributed by atoms with E-state index in [1.807, 2.05) is 11.8 Å². The fourth-order valence-electron chi connectivity index (χ4n) is 2.36. The summed E-state index contributed by atoms with van der Waals surface area (Å²) in [7, 11) is 0. The smallest absolute Gasteiger partial charge is 0.274 e. The summed E-state index contributed by atoms with van der Waals surface area (Å²) in [6.45, 7) is 2.77. The number of amides is 1. The molecular formula is C13H12ClN3OS. The molecule has 3 heterocycles.